The normalized spacial score (nSPS) is 14.3. The Morgan fingerprint density at radius 2 is 1.96 bits per heavy atom. The molecule has 0 radical (unpaired) electrons. The minimum Gasteiger partial charge on any atom is -0.464 e. The highest BCUT2D eigenvalue weighted by Crippen LogP contribution is 2.45. The summed E-state index contributed by atoms with van der Waals surface area (Å²) >= 11 is 0. The topological polar surface area (TPSA) is 121 Å². The molecule has 0 aromatic carbocycles. The van der Waals surface area contributed by atoms with Gasteiger partial charge in [-0.3, -0.25) is 0 Å². The molecule has 27 heavy (non-hydrogen) atoms. The van der Waals surface area contributed by atoms with Gasteiger partial charge in [0, 0.05) is 18.2 Å². The SMILES string of the molecule is COC(=O)c1cc(S(C)(=O)=O)nc(-c2c(OC(F)F)ncnc2C2CC2)n1. The van der Waals surface area contributed by atoms with Crippen molar-refractivity contribution in [1.29, 1.82) is 0 Å². The van der Waals surface area contributed by atoms with E-state index in [0.29, 0.717) is 5.69 Å². The molecule has 0 saturated heterocycles. The number of nitrogens with zero attached hydrogens (tertiary/aromatic N) is 4. The standard InChI is InChI=1S/C15H14F2N4O5S/c1-25-14(22)8-5-9(27(2,23)24)21-12(20-8)10-11(7-3-4-7)18-6-19-13(10)26-15(16)17/h5-7,15H,3-4H2,1-2H3. The van der Waals surface area contributed by atoms with Crippen molar-refractivity contribution in [2.45, 2.75) is 30.4 Å². The second kappa shape index (κ2) is 7.10. The molecule has 144 valence electrons. The van der Waals surface area contributed by atoms with Gasteiger partial charge in [0.15, 0.2) is 26.4 Å². The lowest BCUT2D eigenvalue weighted by molar-refractivity contribution is -0.0525. The number of rotatable bonds is 6. The Bertz CT molecular complexity index is 996. The van der Waals surface area contributed by atoms with Gasteiger partial charge in [0.1, 0.15) is 11.9 Å². The first-order chi connectivity index (χ1) is 12.7. The maximum Gasteiger partial charge on any atom is 0.388 e. The number of hydrogen-bond acceptors (Lipinski definition) is 9. The van der Waals surface area contributed by atoms with Crippen molar-refractivity contribution in [2.75, 3.05) is 13.4 Å². The largest absolute Gasteiger partial charge is 0.464 e. The highest BCUT2D eigenvalue weighted by molar-refractivity contribution is 7.90. The first kappa shape index (κ1) is 19.0. The molecule has 0 spiro atoms. The number of esters is 1. The molecule has 12 heteroatoms. The average Bonchev–Trinajstić information content (AvgIpc) is 3.44. The van der Waals surface area contributed by atoms with E-state index in [1.807, 2.05) is 0 Å². The van der Waals surface area contributed by atoms with Crippen molar-refractivity contribution in [3.05, 3.63) is 23.8 Å². The molecule has 2 heterocycles. The molecule has 3 rings (SSSR count). The molecule has 0 N–H and O–H groups in total. The van der Waals surface area contributed by atoms with Crippen LogP contribution in [-0.2, 0) is 14.6 Å². The van der Waals surface area contributed by atoms with E-state index < -0.39 is 33.3 Å². The van der Waals surface area contributed by atoms with Gasteiger partial charge in [-0.15, -0.1) is 0 Å². The van der Waals surface area contributed by atoms with Crippen molar-refractivity contribution >= 4 is 15.8 Å². The first-order valence-corrected chi connectivity index (χ1v) is 9.57. The summed E-state index contributed by atoms with van der Waals surface area (Å²) in [6.07, 6.45) is 3.47. The van der Waals surface area contributed by atoms with Crippen molar-refractivity contribution in [1.82, 2.24) is 19.9 Å². The lowest BCUT2D eigenvalue weighted by Gasteiger charge is -2.13. The van der Waals surface area contributed by atoms with Crippen LogP contribution in [0.1, 0.15) is 34.9 Å². The quantitative estimate of drug-likeness (QED) is 0.526. The molecule has 0 bridgehead atoms. The number of hydrogen-bond donors (Lipinski definition) is 0. The summed E-state index contributed by atoms with van der Waals surface area (Å²) in [6.45, 7) is -3.18. The highest BCUT2D eigenvalue weighted by atomic mass is 32.2. The Kier molecular flexibility index (Phi) is 5.00. The zero-order chi connectivity index (χ0) is 19.8. The van der Waals surface area contributed by atoms with Crippen molar-refractivity contribution in [3.8, 4) is 17.3 Å². The van der Waals surface area contributed by atoms with Crippen LogP contribution >= 0.6 is 0 Å². The molecular weight excluding hydrogens is 386 g/mol. The van der Waals surface area contributed by atoms with Gasteiger partial charge in [0.25, 0.3) is 0 Å². The molecular formula is C15H14F2N4O5S. The van der Waals surface area contributed by atoms with Gasteiger partial charge in [-0.1, -0.05) is 0 Å². The molecule has 0 amide bonds. The average molecular weight is 400 g/mol. The number of alkyl halides is 2. The van der Waals surface area contributed by atoms with Crippen LogP contribution in [0.15, 0.2) is 17.4 Å². The van der Waals surface area contributed by atoms with Crippen LogP contribution in [0.5, 0.6) is 5.88 Å². The van der Waals surface area contributed by atoms with Crippen LogP contribution in [-0.4, -0.2) is 54.3 Å². The second-order valence-electron chi connectivity index (χ2n) is 5.77. The van der Waals surface area contributed by atoms with Crippen molar-refractivity contribution in [2.24, 2.45) is 0 Å². The van der Waals surface area contributed by atoms with Crippen molar-refractivity contribution in [3.63, 3.8) is 0 Å². The zero-order valence-electron chi connectivity index (χ0n) is 14.2. The van der Waals surface area contributed by atoms with Crippen LogP contribution in [0, 0.1) is 0 Å². The maximum absolute atomic E-state index is 12.8. The molecule has 1 aliphatic carbocycles. The highest BCUT2D eigenvalue weighted by Gasteiger charge is 2.33. The van der Waals surface area contributed by atoms with E-state index in [4.69, 9.17) is 0 Å². The monoisotopic (exact) mass is 400 g/mol. The Labute approximate surface area is 152 Å². The summed E-state index contributed by atoms with van der Waals surface area (Å²) in [7, 11) is -2.75. The van der Waals surface area contributed by atoms with Gasteiger partial charge >= 0.3 is 12.6 Å². The van der Waals surface area contributed by atoms with Crippen LogP contribution in [0.4, 0.5) is 8.78 Å². The van der Waals surface area contributed by atoms with Gasteiger partial charge < -0.3 is 9.47 Å². The summed E-state index contributed by atoms with van der Waals surface area (Å²) in [5, 5.41) is -0.471. The number of halogens is 2. The fraction of sp³-hybridized carbons (Fsp3) is 0.400. The summed E-state index contributed by atoms with van der Waals surface area (Å²) in [4.78, 5) is 27.6. The van der Waals surface area contributed by atoms with Gasteiger partial charge in [-0.25, -0.2) is 33.1 Å². The van der Waals surface area contributed by atoms with Crippen LogP contribution in [0.3, 0.4) is 0 Å². The number of aromatic nitrogens is 4. The minimum atomic E-state index is -3.84. The first-order valence-electron chi connectivity index (χ1n) is 7.68. The number of sulfone groups is 1. The van der Waals surface area contributed by atoms with E-state index in [2.05, 4.69) is 29.4 Å². The Morgan fingerprint density at radius 1 is 1.26 bits per heavy atom. The Morgan fingerprint density at radius 3 is 2.52 bits per heavy atom. The number of ether oxygens (including phenoxy) is 2. The molecule has 1 saturated carbocycles. The predicted molar refractivity (Wildman–Crippen MR) is 86.1 cm³/mol. The molecule has 0 unspecified atom stereocenters. The van der Waals surface area contributed by atoms with E-state index in [-0.39, 0.29) is 23.0 Å². The lowest BCUT2D eigenvalue weighted by atomic mass is 10.1. The summed E-state index contributed by atoms with van der Waals surface area (Å²) in [5.41, 5.74) is -0.0745. The predicted octanol–water partition coefficient (Wildman–Crippen LogP) is 1.60. The number of methoxy groups -OCH3 is 1. The fourth-order valence-electron chi connectivity index (χ4n) is 2.37. The van der Waals surface area contributed by atoms with Crippen LogP contribution < -0.4 is 4.74 Å². The van der Waals surface area contributed by atoms with Gasteiger partial charge in [0.05, 0.1) is 12.8 Å². The molecule has 2 aromatic heterocycles. The zero-order valence-corrected chi connectivity index (χ0v) is 15.0. The Hall–Kier alpha value is -2.76. The van der Waals surface area contributed by atoms with Gasteiger partial charge in [-0.2, -0.15) is 8.78 Å². The third-order valence-electron chi connectivity index (χ3n) is 3.71. The van der Waals surface area contributed by atoms with E-state index in [9.17, 15) is 22.0 Å². The summed E-state index contributed by atoms with van der Waals surface area (Å²) in [6, 6.07) is 0.943. The Balaban J connectivity index is 2.27. The molecule has 0 aliphatic heterocycles. The smallest absolute Gasteiger partial charge is 0.388 e. The fourth-order valence-corrected chi connectivity index (χ4v) is 2.95. The van der Waals surface area contributed by atoms with E-state index in [0.717, 1.165) is 38.6 Å². The summed E-state index contributed by atoms with van der Waals surface area (Å²) in [5.74, 6) is -1.76. The van der Waals surface area contributed by atoms with Crippen LogP contribution in [0.2, 0.25) is 0 Å². The molecule has 0 atom stereocenters. The van der Waals surface area contributed by atoms with E-state index in [1.165, 1.54) is 0 Å². The maximum atomic E-state index is 12.8. The number of carbonyl (C=O) groups is 1. The van der Waals surface area contributed by atoms with Crippen molar-refractivity contribution < 1.29 is 31.5 Å². The molecule has 1 fully saturated rings. The third-order valence-corrected chi connectivity index (χ3v) is 4.68. The van der Waals surface area contributed by atoms with Crippen LogP contribution in [0.25, 0.3) is 11.4 Å². The summed E-state index contributed by atoms with van der Waals surface area (Å²) < 4.78 is 58.5. The van der Waals surface area contributed by atoms with E-state index >= 15 is 0 Å². The second-order valence-corrected chi connectivity index (χ2v) is 7.73. The molecule has 2 aromatic rings. The van der Waals surface area contributed by atoms with Gasteiger partial charge in [-0.05, 0) is 12.8 Å². The number of carbonyl (C=O) groups excluding carboxylic acids is 1. The van der Waals surface area contributed by atoms with E-state index in [1.54, 1.807) is 0 Å². The third kappa shape index (κ3) is 4.15. The molecule has 1 aliphatic rings. The lowest BCUT2D eigenvalue weighted by Crippen LogP contribution is -2.13. The molecule has 9 nitrogen and oxygen atoms in total. The van der Waals surface area contributed by atoms with Gasteiger partial charge in [0.2, 0.25) is 5.88 Å². The minimum absolute atomic E-state index is 0.0462.